The van der Waals surface area contributed by atoms with Gasteiger partial charge in [0.25, 0.3) is 0 Å². The van der Waals surface area contributed by atoms with Gasteiger partial charge in [0.2, 0.25) is 0 Å². The number of rotatable bonds is 7. The maximum Gasteiger partial charge on any atom is 0.416 e. The zero-order valence-electron chi connectivity index (χ0n) is 18.4. The van der Waals surface area contributed by atoms with Gasteiger partial charge >= 0.3 is 23.5 Å². The summed E-state index contributed by atoms with van der Waals surface area (Å²) in [5, 5.41) is 25.4. The third-order valence-electron chi connectivity index (χ3n) is 7.70. The van der Waals surface area contributed by atoms with Gasteiger partial charge in [-0.2, -0.15) is 0 Å². The standard InChI is InChI=1S/C20H30N4O8/c1-3-31-17(25)21-15(13-9-5-6-10-13)19(21,23(27)28)20(24(29)30)16(14-11-7-8-12-14)22(20)18(26)32-4-2/h13-16H,3-12H2,1-2H3/t15-,16-,19-,20+,21?,22?/m1/s1. The van der Waals surface area contributed by atoms with E-state index in [1.54, 1.807) is 13.8 Å². The fraction of sp³-hybridized carbons (Fsp3) is 0.900. The van der Waals surface area contributed by atoms with Gasteiger partial charge in [-0.3, -0.25) is 20.2 Å². The molecule has 2 amide bonds. The Kier molecular flexibility index (Phi) is 5.66. The summed E-state index contributed by atoms with van der Waals surface area (Å²) in [5.74, 6) is -0.508. The van der Waals surface area contributed by atoms with Crippen LogP contribution in [-0.2, 0) is 9.47 Å². The van der Waals surface area contributed by atoms with Gasteiger partial charge in [-0.05, 0) is 51.4 Å². The lowest BCUT2D eigenvalue weighted by Crippen LogP contribution is -2.56. The van der Waals surface area contributed by atoms with E-state index in [9.17, 15) is 29.8 Å². The molecule has 12 nitrogen and oxygen atoms in total. The highest BCUT2D eigenvalue weighted by molar-refractivity contribution is 5.78. The predicted molar refractivity (Wildman–Crippen MR) is 109 cm³/mol. The molecular weight excluding hydrogens is 424 g/mol. The van der Waals surface area contributed by atoms with Crippen LogP contribution in [0.4, 0.5) is 9.59 Å². The van der Waals surface area contributed by atoms with E-state index >= 15 is 0 Å². The number of hydrogen-bond acceptors (Lipinski definition) is 8. The van der Waals surface area contributed by atoms with Gasteiger partial charge < -0.3 is 9.47 Å². The fourth-order valence-corrected chi connectivity index (χ4v) is 6.57. The summed E-state index contributed by atoms with van der Waals surface area (Å²) in [6, 6.07) is -1.99. The Morgan fingerprint density at radius 2 is 1.09 bits per heavy atom. The van der Waals surface area contributed by atoms with E-state index < -0.39 is 45.4 Å². The summed E-state index contributed by atoms with van der Waals surface area (Å²) in [6.07, 6.45) is 4.01. The molecule has 0 aromatic rings. The van der Waals surface area contributed by atoms with Crippen molar-refractivity contribution in [1.82, 2.24) is 9.80 Å². The molecule has 32 heavy (non-hydrogen) atoms. The summed E-state index contributed by atoms with van der Waals surface area (Å²) in [7, 11) is 0. The van der Waals surface area contributed by atoms with Crippen LogP contribution in [0.5, 0.6) is 0 Å². The largest absolute Gasteiger partial charge is 0.450 e. The van der Waals surface area contributed by atoms with E-state index in [2.05, 4.69) is 0 Å². The van der Waals surface area contributed by atoms with Gasteiger partial charge in [0.05, 0.1) is 23.1 Å². The van der Waals surface area contributed by atoms with Gasteiger partial charge in [-0.15, -0.1) is 0 Å². The Morgan fingerprint density at radius 3 is 1.34 bits per heavy atom. The first-order valence-corrected chi connectivity index (χ1v) is 11.5. The van der Waals surface area contributed by atoms with Crippen LogP contribution in [-0.4, -0.2) is 68.5 Å². The van der Waals surface area contributed by atoms with E-state index in [0.29, 0.717) is 25.7 Å². The Hall–Kier alpha value is -2.66. The zero-order chi connectivity index (χ0) is 23.3. The third-order valence-corrected chi connectivity index (χ3v) is 7.70. The number of nitrogens with zero attached hydrogens (tertiary/aromatic N) is 4. The van der Waals surface area contributed by atoms with Crippen molar-refractivity contribution in [1.29, 1.82) is 0 Å². The molecule has 2 aliphatic carbocycles. The van der Waals surface area contributed by atoms with Crippen molar-refractivity contribution >= 4 is 12.2 Å². The Bertz CT molecular complexity index is 745. The lowest BCUT2D eigenvalue weighted by molar-refractivity contribution is -0.659. The molecule has 4 fully saturated rings. The molecule has 12 heteroatoms. The van der Waals surface area contributed by atoms with E-state index in [4.69, 9.17) is 9.47 Å². The first kappa shape index (κ1) is 22.5. The molecule has 0 bridgehead atoms. The fourth-order valence-electron chi connectivity index (χ4n) is 6.57. The second-order valence-corrected chi connectivity index (χ2v) is 9.08. The van der Waals surface area contributed by atoms with Crippen molar-refractivity contribution in [3.63, 3.8) is 0 Å². The molecule has 2 aliphatic heterocycles. The molecule has 0 N–H and O–H groups in total. The van der Waals surface area contributed by atoms with Gasteiger partial charge in [0, 0.05) is 0 Å². The molecule has 4 atom stereocenters. The lowest BCUT2D eigenvalue weighted by atomic mass is 9.88. The molecule has 2 heterocycles. The minimum Gasteiger partial charge on any atom is -0.450 e. The van der Waals surface area contributed by atoms with Crippen LogP contribution in [0.1, 0.15) is 65.2 Å². The Labute approximate surface area is 185 Å². The van der Waals surface area contributed by atoms with Gasteiger partial charge in [-0.1, -0.05) is 25.7 Å². The summed E-state index contributed by atoms with van der Waals surface area (Å²) in [4.78, 5) is 51.6. The first-order valence-electron chi connectivity index (χ1n) is 11.5. The average Bonchev–Trinajstić information content (AvgIpc) is 3.36. The number of nitro groups is 2. The van der Waals surface area contributed by atoms with Crippen LogP contribution in [0.3, 0.4) is 0 Å². The summed E-state index contributed by atoms with van der Waals surface area (Å²) in [6.45, 7) is 3.12. The molecule has 4 aliphatic rings. The number of ether oxygens (including phenoxy) is 2. The molecule has 0 spiro atoms. The number of hydrogen-bond donors (Lipinski definition) is 0. The third kappa shape index (κ3) is 2.80. The SMILES string of the molecule is CCOC(=O)N1[C@H](C2CCCC2)[C@]1([N+](=O)[O-])[C@]1([N+](=O)[O-])[C@@H](C2CCCC2)N1C(=O)OCC. The van der Waals surface area contributed by atoms with E-state index in [-0.39, 0.29) is 25.0 Å². The van der Waals surface area contributed by atoms with E-state index in [1.165, 1.54) is 0 Å². The summed E-state index contributed by atoms with van der Waals surface area (Å²) in [5.41, 5.74) is -4.73. The molecule has 178 valence electrons. The second kappa shape index (κ2) is 8.04. The molecule has 0 unspecified atom stereocenters. The van der Waals surface area contributed by atoms with Crippen molar-refractivity contribution in [3.05, 3.63) is 20.2 Å². The van der Waals surface area contributed by atoms with Crippen LogP contribution >= 0.6 is 0 Å². The quantitative estimate of drug-likeness (QED) is 0.324. The average molecular weight is 454 g/mol. The Balaban J connectivity index is 1.85. The maximum atomic E-state index is 12.9. The van der Waals surface area contributed by atoms with Crippen molar-refractivity contribution in [2.24, 2.45) is 11.8 Å². The van der Waals surface area contributed by atoms with Crippen LogP contribution < -0.4 is 0 Å². The molecule has 0 aromatic carbocycles. The summed E-state index contributed by atoms with van der Waals surface area (Å²) >= 11 is 0. The number of carbonyl (C=O) groups is 2. The predicted octanol–water partition coefficient (Wildman–Crippen LogP) is 2.99. The van der Waals surface area contributed by atoms with Gasteiger partial charge in [-0.25, -0.2) is 19.4 Å². The molecular formula is C20H30N4O8. The molecule has 4 rings (SSSR count). The van der Waals surface area contributed by atoms with Crippen LogP contribution in [0.2, 0.25) is 0 Å². The van der Waals surface area contributed by atoms with Crippen LogP contribution in [0, 0.1) is 32.1 Å². The molecule has 2 saturated carbocycles. The number of amides is 2. The van der Waals surface area contributed by atoms with Crippen molar-refractivity contribution in [2.45, 2.75) is 88.6 Å². The van der Waals surface area contributed by atoms with Crippen molar-refractivity contribution in [3.8, 4) is 0 Å². The van der Waals surface area contributed by atoms with Crippen molar-refractivity contribution in [2.75, 3.05) is 13.2 Å². The highest BCUT2D eigenvalue weighted by atomic mass is 16.7. The first-order chi connectivity index (χ1) is 15.3. The minimum atomic E-state index is -2.36. The normalized spacial score (nSPS) is 34.4. The van der Waals surface area contributed by atoms with E-state index in [0.717, 1.165) is 35.5 Å². The lowest BCUT2D eigenvalue weighted by Gasteiger charge is -2.16. The monoisotopic (exact) mass is 454 g/mol. The van der Waals surface area contributed by atoms with Gasteiger partial charge in [0.1, 0.15) is 12.1 Å². The van der Waals surface area contributed by atoms with Crippen molar-refractivity contribution < 1.29 is 28.9 Å². The van der Waals surface area contributed by atoms with E-state index in [1.807, 2.05) is 0 Å². The van der Waals surface area contributed by atoms with Crippen LogP contribution in [0.25, 0.3) is 0 Å². The second-order valence-electron chi connectivity index (χ2n) is 9.08. The smallest absolute Gasteiger partial charge is 0.416 e. The molecule has 0 aromatic heterocycles. The molecule has 2 saturated heterocycles. The van der Waals surface area contributed by atoms with Crippen LogP contribution in [0.15, 0.2) is 0 Å². The van der Waals surface area contributed by atoms with Gasteiger partial charge in [0.15, 0.2) is 0 Å². The highest BCUT2D eigenvalue weighted by Crippen LogP contribution is 2.67. The molecule has 0 radical (unpaired) electrons. The summed E-state index contributed by atoms with van der Waals surface area (Å²) < 4.78 is 10.2. The maximum absolute atomic E-state index is 12.9. The Morgan fingerprint density at radius 1 is 0.781 bits per heavy atom. The minimum absolute atomic E-state index is 0.0143. The number of carbonyl (C=O) groups excluding carboxylic acids is 2. The topological polar surface area (TPSA) is 145 Å². The highest BCUT2D eigenvalue weighted by Gasteiger charge is 3.05. The zero-order valence-corrected chi connectivity index (χ0v) is 18.4.